The van der Waals surface area contributed by atoms with Crippen molar-refractivity contribution in [3.8, 4) is 0 Å². The number of aryl methyl sites for hydroxylation is 1. The summed E-state index contributed by atoms with van der Waals surface area (Å²) in [5, 5.41) is 0. The fourth-order valence-electron chi connectivity index (χ4n) is 1.05. The Morgan fingerprint density at radius 2 is 2.08 bits per heavy atom. The lowest BCUT2D eigenvalue weighted by atomic mass is 10.1. The average molecular weight is 181 g/mol. The summed E-state index contributed by atoms with van der Waals surface area (Å²) in [5.74, 6) is 0.605. The first-order valence-corrected chi connectivity index (χ1v) is 4.56. The summed E-state index contributed by atoms with van der Waals surface area (Å²) < 4.78 is 0. The molecule has 64 valence electrons. The molecule has 1 aromatic carbocycles. The highest BCUT2D eigenvalue weighted by molar-refractivity contribution is 6.19. The first kappa shape index (κ1) is 9.34. The molecule has 0 aromatic heterocycles. The topological polar surface area (TPSA) is 0 Å². The second-order valence-electron chi connectivity index (χ2n) is 2.98. The molecule has 0 aliphatic rings. The second kappa shape index (κ2) is 4.32. The van der Waals surface area contributed by atoms with Crippen molar-refractivity contribution < 1.29 is 0 Å². The van der Waals surface area contributed by atoms with Crippen molar-refractivity contribution >= 4 is 17.7 Å². The summed E-state index contributed by atoms with van der Waals surface area (Å²) in [6, 6.07) is 8.29. The van der Waals surface area contributed by atoms with Crippen molar-refractivity contribution in [2.75, 3.05) is 5.88 Å². The maximum absolute atomic E-state index is 5.69. The van der Waals surface area contributed by atoms with Gasteiger partial charge < -0.3 is 0 Å². The zero-order valence-corrected chi connectivity index (χ0v) is 8.23. The maximum atomic E-state index is 5.69. The van der Waals surface area contributed by atoms with E-state index in [1.165, 1.54) is 16.7 Å². The summed E-state index contributed by atoms with van der Waals surface area (Å²) in [6.45, 7) is 4.15. The standard InChI is InChI=1S/C11H13Cl/c1-9(8-12)7-11-6-4-3-5-10(11)2/h3-7H,8H2,1-2H3/b9-7+. The van der Waals surface area contributed by atoms with Crippen LogP contribution in [0.15, 0.2) is 29.8 Å². The predicted molar refractivity (Wildman–Crippen MR) is 55.6 cm³/mol. The van der Waals surface area contributed by atoms with Gasteiger partial charge in [-0.1, -0.05) is 35.9 Å². The predicted octanol–water partition coefficient (Wildman–Crippen LogP) is 3.64. The van der Waals surface area contributed by atoms with E-state index in [1.54, 1.807) is 0 Å². The zero-order valence-electron chi connectivity index (χ0n) is 7.47. The highest BCUT2D eigenvalue weighted by atomic mass is 35.5. The molecule has 0 spiro atoms. The van der Waals surface area contributed by atoms with Crippen molar-refractivity contribution in [1.82, 2.24) is 0 Å². The smallest absolute Gasteiger partial charge is 0.0434 e. The van der Waals surface area contributed by atoms with Gasteiger partial charge in [-0.05, 0) is 25.0 Å². The van der Waals surface area contributed by atoms with Crippen molar-refractivity contribution in [2.45, 2.75) is 13.8 Å². The first-order chi connectivity index (χ1) is 5.74. The van der Waals surface area contributed by atoms with E-state index in [9.17, 15) is 0 Å². The molecule has 1 heteroatoms. The quantitative estimate of drug-likeness (QED) is 0.610. The Bertz CT molecular complexity index is 287. The van der Waals surface area contributed by atoms with E-state index in [2.05, 4.69) is 25.1 Å². The van der Waals surface area contributed by atoms with Crippen molar-refractivity contribution in [1.29, 1.82) is 0 Å². The number of alkyl halides is 1. The molecule has 0 saturated carbocycles. The fourth-order valence-corrected chi connectivity index (χ4v) is 1.13. The summed E-state index contributed by atoms with van der Waals surface area (Å²) in [4.78, 5) is 0. The summed E-state index contributed by atoms with van der Waals surface area (Å²) in [7, 11) is 0. The van der Waals surface area contributed by atoms with Crippen LogP contribution >= 0.6 is 11.6 Å². The van der Waals surface area contributed by atoms with Gasteiger partial charge in [-0.2, -0.15) is 0 Å². The lowest BCUT2D eigenvalue weighted by Crippen LogP contribution is -1.81. The zero-order chi connectivity index (χ0) is 8.97. The average Bonchev–Trinajstić information content (AvgIpc) is 2.09. The van der Waals surface area contributed by atoms with Gasteiger partial charge >= 0.3 is 0 Å². The van der Waals surface area contributed by atoms with Crippen LogP contribution < -0.4 is 0 Å². The Hall–Kier alpha value is -0.750. The van der Waals surface area contributed by atoms with Crippen molar-refractivity contribution in [3.63, 3.8) is 0 Å². The third-order valence-corrected chi connectivity index (χ3v) is 2.22. The summed E-state index contributed by atoms with van der Waals surface area (Å²) >= 11 is 5.69. The van der Waals surface area contributed by atoms with Crippen molar-refractivity contribution in [2.24, 2.45) is 0 Å². The third-order valence-electron chi connectivity index (χ3n) is 1.80. The van der Waals surface area contributed by atoms with E-state index in [-0.39, 0.29) is 0 Å². The van der Waals surface area contributed by atoms with E-state index < -0.39 is 0 Å². The minimum Gasteiger partial charge on any atom is -0.122 e. The molecule has 12 heavy (non-hydrogen) atoms. The fraction of sp³-hybridized carbons (Fsp3) is 0.273. The van der Waals surface area contributed by atoms with Crippen LogP contribution in [-0.4, -0.2) is 5.88 Å². The molecule has 0 saturated heterocycles. The molecule has 0 atom stereocenters. The second-order valence-corrected chi connectivity index (χ2v) is 3.25. The molecule has 0 fully saturated rings. The number of rotatable bonds is 2. The van der Waals surface area contributed by atoms with Gasteiger partial charge in [-0.25, -0.2) is 0 Å². The Morgan fingerprint density at radius 3 is 2.67 bits per heavy atom. The van der Waals surface area contributed by atoms with Gasteiger partial charge in [0, 0.05) is 5.88 Å². The highest BCUT2D eigenvalue weighted by Gasteiger charge is 1.92. The van der Waals surface area contributed by atoms with Crippen LogP contribution in [0.1, 0.15) is 18.1 Å². The van der Waals surface area contributed by atoms with Gasteiger partial charge in [0.25, 0.3) is 0 Å². The van der Waals surface area contributed by atoms with Gasteiger partial charge in [0.15, 0.2) is 0 Å². The molecule has 1 rings (SSSR count). The minimum absolute atomic E-state index is 0.605. The molecule has 0 radical (unpaired) electrons. The van der Waals surface area contributed by atoms with E-state index in [0.29, 0.717) is 5.88 Å². The molecular weight excluding hydrogens is 168 g/mol. The molecule has 0 unspecified atom stereocenters. The van der Waals surface area contributed by atoms with Gasteiger partial charge in [-0.3, -0.25) is 0 Å². The van der Waals surface area contributed by atoms with Crippen LogP contribution in [0.2, 0.25) is 0 Å². The van der Waals surface area contributed by atoms with E-state index in [4.69, 9.17) is 11.6 Å². The molecular formula is C11H13Cl. The molecule has 0 nitrogen and oxygen atoms in total. The number of hydrogen-bond donors (Lipinski definition) is 0. The molecule has 0 amide bonds. The number of allylic oxidation sites excluding steroid dienone is 1. The Balaban J connectivity index is 2.96. The van der Waals surface area contributed by atoms with E-state index >= 15 is 0 Å². The minimum atomic E-state index is 0.605. The van der Waals surface area contributed by atoms with Crippen LogP contribution in [0, 0.1) is 6.92 Å². The molecule has 0 aliphatic heterocycles. The lowest BCUT2D eigenvalue weighted by Gasteiger charge is -2.00. The largest absolute Gasteiger partial charge is 0.122 e. The molecule has 0 aliphatic carbocycles. The molecule has 0 heterocycles. The Morgan fingerprint density at radius 1 is 1.42 bits per heavy atom. The molecule has 1 aromatic rings. The summed E-state index contributed by atoms with van der Waals surface area (Å²) in [6.07, 6.45) is 2.13. The Labute approximate surface area is 78.9 Å². The monoisotopic (exact) mass is 180 g/mol. The lowest BCUT2D eigenvalue weighted by molar-refractivity contribution is 1.39. The van der Waals surface area contributed by atoms with Gasteiger partial charge in [0.2, 0.25) is 0 Å². The van der Waals surface area contributed by atoms with E-state index in [0.717, 1.165) is 0 Å². The normalized spacial score (nSPS) is 11.8. The number of halogens is 1. The van der Waals surface area contributed by atoms with Crippen LogP contribution in [0.5, 0.6) is 0 Å². The molecule has 0 bridgehead atoms. The van der Waals surface area contributed by atoms with Gasteiger partial charge in [0.1, 0.15) is 0 Å². The number of hydrogen-bond acceptors (Lipinski definition) is 0. The first-order valence-electron chi connectivity index (χ1n) is 4.03. The van der Waals surface area contributed by atoms with Crippen LogP contribution in [0.4, 0.5) is 0 Å². The van der Waals surface area contributed by atoms with Crippen LogP contribution in [0.25, 0.3) is 6.08 Å². The van der Waals surface area contributed by atoms with Gasteiger partial charge in [0.05, 0.1) is 0 Å². The highest BCUT2D eigenvalue weighted by Crippen LogP contribution is 2.12. The molecule has 0 N–H and O–H groups in total. The van der Waals surface area contributed by atoms with Crippen LogP contribution in [0.3, 0.4) is 0 Å². The van der Waals surface area contributed by atoms with Crippen LogP contribution in [-0.2, 0) is 0 Å². The van der Waals surface area contributed by atoms with Gasteiger partial charge in [-0.15, -0.1) is 11.6 Å². The Kier molecular flexibility index (Phi) is 3.36. The van der Waals surface area contributed by atoms with Crippen molar-refractivity contribution in [3.05, 3.63) is 41.0 Å². The van der Waals surface area contributed by atoms with E-state index in [1.807, 2.05) is 19.1 Å². The SMILES string of the molecule is C/C(=C\c1ccccc1C)CCl. The summed E-state index contributed by atoms with van der Waals surface area (Å²) in [5.41, 5.74) is 3.75. The third kappa shape index (κ3) is 2.38. The number of benzene rings is 1. The maximum Gasteiger partial charge on any atom is 0.0434 e.